The molecule has 0 saturated carbocycles. The van der Waals surface area contributed by atoms with Crippen LogP contribution in [0.4, 0.5) is 18.0 Å². The van der Waals surface area contributed by atoms with Crippen molar-refractivity contribution in [2.45, 2.75) is 92.3 Å². The molecule has 2 heterocycles. The third-order valence-electron chi connectivity index (χ3n) is 9.06. The molecule has 1 aliphatic rings. The molecule has 0 aliphatic carbocycles. The molecule has 4 atom stereocenters. The van der Waals surface area contributed by atoms with Gasteiger partial charge < -0.3 is 29.2 Å². The predicted molar refractivity (Wildman–Crippen MR) is 192 cm³/mol. The highest BCUT2D eigenvalue weighted by Crippen LogP contribution is 2.43. The molecule has 288 valence electrons. The average Bonchev–Trinajstić information content (AvgIpc) is 3.63. The number of hydrogen-bond acceptors (Lipinski definition) is 7. The summed E-state index contributed by atoms with van der Waals surface area (Å²) in [5.41, 5.74) is -0.935. The van der Waals surface area contributed by atoms with Crippen LogP contribution in [0.3, 0.4) is 0 Å². The molecule has 0 bridgehead atoms. The molecule has 1 saturated heterocycles. The summed E-state index contributed by atoms with van der Waals surface area (Å²) in [7, 11) is 0. The largest absolute Gasteiger partial charge is 0.453 e. The number of ether oxygens (including phenoxy) is 2. The van der Waals surface area contributed by atoms with Gasteiger partial charge in [0.25, 0.3) is 5.91 Å². The first-order valence-corrected chi connectivity index (χ1v) is 17.7. The first-order valence-electron chi connectivity index (χ1n) is 17.7. The van der Waals surface area contributed by atoms with Crippen molar-refractivity contribution in [3.63, 3.8) is 0 Å². The highest BCUT2D eigenvalue weighted by atomic mass is 19.1. The number of hydrogen-bond donors (Lipinski definition) is 1. The van der Waals surface area contributed by atoms with Crippen molar-refractivity contribution in [1.82, 2.24) is 24.7 Å². The van der Waals surface area contributed by atoms with Crippen molar-refractivity contribution in [1.29, 1.82) is 0 Å². The maximum Gasteiger partial charge on any atom is 0.410 e. The van der Waals surface area contributed by atoms with Crippen molar-refractivity contribution in [2.75, 3.05) is 26.2 Å². The monoisotopic (exact) mass is 741 g/mol. The zero-order valence-electron chi connectivity index (χ0n) is 31.6. The van der Waals surface area contributed by atoms with Crippen LogP contribution in [0, 0.1) is 23.0 Å². The van der Waals surface area contributed by atoms with Gasteiger partial charge in [0.2, 0.25) is 5.91 Å². The molecule has 0 spiro atoms. The van der Waals surface area contributed by atoms with Crippen LogP contribution < -0.4 is 5.32 Å². The Bertz CT molecular complexity index is 1780. The number of alkyl halides is 1. The van der Waals surface area contributed by atoms with Gasteiger partial charge >= 0.3 is 12.1 Å². The number of aromatic nitrogens is 2. The lowest BCUT2D eigenvalue weighted by Gasteiger charge is -2.43. The summed E-state index contributed by atoms with van der Waals surface area (Å²) in [4.78, 5) is 59.1. The number of benzene rings is 2. The number of rotatable bonds is 13. The lowest BCUT2D eigenvalue weighted by atomic mass is 9.78. The van der Waals surface area contributed by atoms with Crippen molar-refractivity contribution in [2.24, 2.45) is 11.3 Å². The van der Waals surface area contributed by atoms with E-state index in [4.69, 9.17) is 14.5 Å². The van der Waals surface area contributed by atoms with Crippen molar-refractivity contribution < 1.29 is 41.8 Å². The minimum absolute atomic E-state index is 0.0704. The Labute approximate surface area is 308 Å². The van der Waals surface area contributed by atoms with Gasteiger partial charge in [0.15, 0.2) is 6.10 Å². The molecular formula is C39H50F3N5O6. The van der Waals surface area contributed by atoms with E-state index in [9.17, 15) is 23.6 Å². The van der Waals surface area contributed by atoms with Gasteiger partial charge in [-0.15, -0.1) is 0 Å². The van der Waals surface area contributed by atoms with Crippen LogP contribution in [0.5, 0.6) is 0 Å². The van der Waals surface area contributed by atoms with Gasteiger partial charge in [-0.3, -0.25) is 14.4 Å². The molecule has 1 N–H and O–H groups in total. The van der Waals surface area contributed by atoms with Gasteiger partial charge in [0.05, 0.1) is 18.3 Å². The highest BCUT2D eigenvalue weighted by Gasteiger charge is 2.46. The van der Waals surface area contributed by atoms with Crippen LogP contribution in [0.1, 0.15) is 79.2 Å². The van der Waals surface area contributed by atoms with E-state index in [1.807, 2.05) is 44.2 Å². The van der Waals surface area contributed by atoms with E-state index in [1.165, 1.54) is 30.6 Å². The summed E-state index contributed by atoms with van der Waals surface area (Å²) >= 11 is 0. The van der Waals surface area contributed by atoms with Crippen LogP contribution in [0.25, 0.3) is 11.3 Å². The number of amides is 3. The Hall–Kier alpha value is -4.88. The number of carbonyl (C=O) groups is 4. The van der Waals surface area contributed by atoms with Gasteiger partial charge in [-0.2, -0.15) is 0 Å². The topological polar surface area (TPSA) is 123 Å². The van der Waals surface area contributed by atoms with E-state index in [1.54, 1.807) is 31.5 Å². The number of carbonyl (C=O) groups excluding carboxylic acids is 4. The van der Waals surface area contributed by atoms with Crippen LogP contribution >= 0.6 is 0 Å². The number of halogens is 3. The fourth-order valence-corrected chi connectivity index (χ4v) is 6.57. The van der Waals surface area contributed by atoms with Crippen molar-refractivity contribution in [3.05, 3.63) is 77.8 Å². The average molecular weight is 742 g/mol. The molecule has 3 amide bonds. The van der Waals surface area contributed by atoms with Crippen molar-refractivity contribution >= 4 is 23.9 Å². The third-order valence-corrected chi connectivity index (χ3v) is 9.06. The zero-order chi connectivity index (χ0) is 39.2. The third kappa shape index (κ3) is 10.8. The lowest BCUT2D eigenvalue weighted by molar-refractivity contribution is -0.161. The van der Waals surface area contributed by atoms with Crippen LogP contribution in [0.15, 0.2) is 54.7 Å². The zero-order valence-corrected chi connectivity index (χ0v) is 31.6. The maximum absolute atomic E-state index is 16.0. The SMILES string of the molecule is CC(=O)NCCC(C)(C)[C@H](c1nc(-c2cc(F)ccc2F)cn1Cc1ccccc1)N(C[C@@H]1CN(C(=O)OC(C)(C)C)C[C@@H]1F)C(=O)[C@H](C)OC(C)=O. The van der Waals surface area contributed by atoms with Crippen LogP contribution in [-0.2, 0) is 30.4 Å². The smallest absolute Gasteiger partial charge is 0.410 e. The molecule has 1 aromatic heterocycles. The Morgan fingerprint density at radius 1 is 1.02 bits per heavy atom. The Morgan fingerprint density at radius 3 is 2.32 bits per heavy atom. The first-order chi connectivity index (χ1) is 24.8. The first kappa shape index (κ1) is 40.9. The van der Waals surface area contributed by atoms with Gasteiger partial charge in [-0.1, -0.05) is 44.2 Å². The molecule has 1 fully saturated rings. The van der Waals surface area contributed by atoms with E-state index < -0.39 is 64.9 Å². The lowest BCUT2D eigenvalue weighted by Crippen LogP contribution is -2.51. The van der Waals surface area contributed by atoms with Crippen molar-refractivity contribution in [3.8, 4) is 11.3 Å². The molecular weight excluding hydrogens is 691 g/mol. The van der Waals surface area contributed by atoms with Crippen LogP contribution in [-0.4, -0.2) is 87.3 Å². The molecule has 53 heavy (non-hydrogen) atoms. The molecule has 1 aliphatic heterocycles. The molecule has 2 aromatic carbocycles. The fourth-order valence-electron chi connectivity index (χ4n) is 6.57. The minimum Gasteiger partial charge on any atom is -0.453 e. The second-order valence-electron chi connectivity index (χ2n) is 15.2. The van der Waals surface area contributed by atoms with E-state index in [-0.39, 0.29) is 55.7 Å². The second-order valence-corrected chi connectivity index (χ2v) is 15.2. The Kier molecular flexibility index (Phi) is 13.0. The summed E-state index contributed by atoms with van der Waals surface area (Å²) < 4.78 is 58.4. The Balaban J connectivity index is 1.92. The molecule has 11 nitrogen and oxygen atoms in total. The summed E-state index contributed by atoms with van der Waals surface area (Å²) in [5, 5.41) is 2.79. The van der Waals surface area contributed by atoms with Gasteiger partial charge in [0.1, 0.15) is 29.2 Å². The maximum atomic E-state index is 16.0. The molecule has 14 heteroatoms. The molecule has 4 rings (SSSR count). The molecule has 3 aromatic rings. The van der Waals surface area contributed by atoms with E-state index >= 15 is 8.78 Å². The van der Waals surface area contributed by atoms with Gasteiger partial charge in [-0.05, 0) is 63.3 Å². The van der Waals surface area contributed by atoms with E-state index in [0.29, 0.717) is 6.42 Å². The number of imidazole rings is 1. The van der Waals surface area contributed by atoms with E-state index in [2.05, 4.69) is 5.32 Å². The molecule has 0 unspecified atom stereocenters. The standard InChI is InChI=1S/C39H50F3N5O6/c1-24(52-26(3)49)36(50)47(21-28-20-46(22-32(28)42)37(51)53-38(4,5)6)34(39(7,8)16-17-43-25(2)48)35-44-33(30-18-29(40)14-15-31(30)41)23-45(35)19-27-12-10-9-11-13-27/h9-15,18,23-24,28,32,34H,16-17,19-22H2,1-8H3,(H,43,48)/t24-,28-,32-,34-/m0/s1. The summed E-state index contributed by atoms with van der Waals surface area (Å²) in [6, 6.07) is 11.3. The number of nitrogens with zero attached hydrogens (tertiary/aromatic N) is 4. The number of likely N-dealkylation sites (tertiary alicyclic amines) is 1. The summed E-state index contributed by atoms with van der Waals surface area (Å²) in [6.45, 7) is 12.6. The predicted octanol–water partition coefficient (Wildman–Crippen LogP) is 6.46. The number of esters is 1. The second kappa shape index (κ2) is 16.9. The quantitative estimate of drug-likeness (QED) is 0.200. The summed E-state index contributed by atoms with van der Waals surface area (Å²) in [6.07, 6.45) is -1.68. The number of nitrogens with one attached hydrogen (secondary N) is 1. The normalized spacial score (nSPS) is 17.2. The minimum atomic E-state index is -1.55. The van der Waals surface area contributed by atoms with Gasteiger partial charge in [-0.25, -0.2) is 22.9 Å². The highest BCUT2D eigenvalue weighted by molar-refractivity contribution is 5.83. The van der Waals surface area contributed by atoms with Gasteiger partial charge in [0, 0.05) is 57.7 Å². The van der Waals surface area contributed by atoms with E-state index in [0.717, 1.165) is 23.8 Å². The molecule has 0 radical (unpaired) electrons. The fraction of sp³-hybridized carbons (Fsp3) is 0.513. The summed E-state index contributed by atoms with van der Waals surface area (Å²) in [5.74, 6) is -3.64. The Morgan fingerprint density at radius 2 is 1.70 bits per heavy atom. The van der Waals surface area contributed by atoms with Crippen LogP contribution in [0.2, 0.25) is 0 Å².